The van der Waals surface area contributed by atoms with E-state index in [1.807, 2.05) is 86.7 Å². The van der Waals surface area contributed by atoms with Gasteiger partial charge in [0.1, 0.15) is 59.0 Å². The maximum absolute atomic E-state index is 13.8. The number of carbonyl (C=O) groups is 7. The van der Waals surface area contributed by atoms with E-state index in [0.29, 0.717) is 29.2 Å². The molecule has 3 aliphatic heterocycles. The molecule has 9 heterocycles. The zero-order valence-electron chi connectivity index (χ0n) is 74.5. The predicted molar refractivity (Wildman–Crippen MR) is 499 cm³/mol. The van der Waals surface area contributed by atoms with Gasteiger partial charge in [-0.05, 0) is 210 Å². The maximum Gasteiger partial charge on any atom is 0.411 e. The van der Waals surface area contributed by atoms with Crippen LogP contribution in [0.4, 0.5) is 4.79 Å². The summed E-state index contributed by atoms with van der Waals surface area (Å²) in [4.78, 5) is 114. The Bertz CT molecular complexity index is 5370. The molecule has 650 valence electrons. The van der Waals surface area contributed by atoms with Crippen LogP contribution in [0.5, 0.6) is 0 Å². The van der Waals surface area contributed by atoms with E-state index in [1.54, 1.807) is 24.5 Å². The van der Waals surface area contributed by atoms with E-state index in [2.05, 4.69) is 212 Å². The Hall–Kier alpha value is -10.4. The van der Waals surface area contributed by atoms with E-state index in [-0.39, 0.29) is 72.0 Å². The first-order chi connectivity index (χ1) is 58.6. The molecule has 0 saturated heterocycles. The number of benzene rings is 3. The highest BCUT2D eigenvalue weighted by molar-refractivity contribution is 6.85. The topological polar surface area (TPSA) is 290 Å². The minimum absolute atomic E-state index is 0.00639. The lowest BCUT2D eigenvalue weighted by Crippen LogP contribution is -2.49. The number of aromatic amines is 3. The van der Waals surface area contributed by atoms with Gasteiger partial charge < -0.3 is 51.0 Å². The van der Waals surface area contributed by atoms with Gasteiger partial charge in [0.15, 0.2) is 0 Å². The number of carboxylic acid groups (broad SMARTS) is 1. The highest BCUT2D eigenvalue weighted by atomic mass is 35.5. The number of hydrogen-bond donors (Lipinski definition) is 8. The first-order valence-corrected chi connectivity index (χ1v) is 55.1. The van der Waals surface area contributed by atoms with Crippen LogP contribution in [0.1, 0.15) is 257 Å². The Morgan fingerprint density at radius 2 is 0.846 bits per heavy atom. The number of nitrogens with zero attached hydrogens (tertiary/aromatic N) is 5. The molecule has 5 amide bonds. The number of hydrogen-bond acceptors (Lipinski definition) is 12. The number of aliphatic carboxylic acids is 1. The monoisotopic (exact) mass is 1730 g/mol. The average molecular weight is 1730 g/mol. The summed E-state index contributed by atoms with van der Waals surface area (Å²) >= 11 is 4.99. The number of H-pyrrole nitrogens is 3. The lowest BCUT2D eigenvalue weighted by Gasteiger charge is -2.42. The van der Waals surface area contributed by atoms with Gasteiger partial charge in [0, 0.05) is 111 Å². The Morgan fingerprint density at radius 1 is 0.480 bits per heavy atom. The lowest BCUT2D eigenvalue weighted by molar-refractivity contribution is -0.131. The summed E-state index contributed by atoms with van der Waals surface area (Å²) in [6, 6.07) is 37.3. The zero-order valence-corrected chi connectivity index (χ0v) is 78.3. The molecule has 6 atom stereocenters. The normalized spacial score (nSPS) is 18.5. The molecule has 3 aromatic carbocycles. The molecule has 0 unspecified atom stereocenters. The van der Waals surface area contributed by atoms with E-state index >= 15 is 0 Å². The highest BCUT2D eigenvalue weighted by Gasteiger charge is 2.44. The maximum atomic E-state index is 13.8. The van der Waals surface area contributed by atoms with E-state index in [1.165, 1.54) is 69.7 Å². The van der Waals surface area contributed by atoms with Gasteiger partial charge in [0.05, 0.1) is 6.04 Å². The molecule has 123 heavy (non-hydrogen) atoms. The predicted octanol–water partition coefficient (Wildman–Crippen LogP) is 19.3. The standard InChI is InChI=1S/C31H38N4O2Si.C30H38N4O3.C25H30N4O.C6H9ClOSi.C6H10O2Si/c1-5-6-12-23-19-25-24-13-7-8-14-26(24)34-29(25)30(35(23)28(36)17-18-38(2,3)4)21-15-16-27(32-20-21)31(37)33-22-10-9-11-22;1-5-6-12-21-17-23-22-13-7-8-14-24(22)33-26(23)27(34(21)29(36)37-30(2,3)4)19-15-16-25(31-18-19)28(35)32-20-10-9-11-20;1-2-3-7-18-14-20-19-10-4-5-11-21(19)29-24(20)23(27-18)16-12-13-22(26-15-16)25(30)28-17-8-6-9-17;2*1-9(2,3)5-4-6(7)8/h7-8,13-16,20,22-23,30,34H,5-6,9-12,19H2,1-4H3,(H,33,37);7-8,13-16,18,20-21,27,33H,5-6,9-12,17H2,1-4H3,(H,32,35);4-5,10-13,15,17-18,23,27,29H,2-3,6-9,14H2,1H3,(H,28,30);1-3H3;1-3H3,(H,7,8)/t23-,30-;21-,27-;18-,23-;;/m000../s1. The van der Waals surface area contributed by atoms with Crippen LogP contribution >= 0.6 is 11.6 Å². The van der Waals surface area contributed by atoms with Crippen molar-refractivity contribution in [1.82, 2.24) is 61.0 Å². The number of halogens is 1. The Labute approximate surface area is 734 Å². The number of carboxylic acids is 1. The first kappa shape index (κ1) is 93.3. The zero-order chi connectivity index (χ0) is 88.5. The second-order valence-electron chi connectivity index (χ2n) is 37.5. The van der Waals surface area contributed by atoms with Gasteiger partial charge in [-0.3, -0.25) is 43.8 Å². The van der Waals surface area contributed by atoms with Gasteiger partial charge in [-0.2, -0.15) is 0 Å². The number of rotatable bonds is 18. The molecule has 3 fully saturated rings. The second kappa shape index (κ2) is 41.9. The SMILES string of the molecule is CCCC[C@H]1Cc2c([nH]c3ccccc23)[C@H](c2ccc(C(=O)NC3CCC3)nc2)N1.CCCC[C@H]1Cc2c([nH]c3ccccc23)[C@H](c2ccc(C(=O)NC3CCC3)nc2)N1C(=O)C#C[Si](C)(C)C.CCCC[C@H]1Cc2c([nH]c3ccccc23)[C@H](c2ccc(C(=O)NC3CCC3)nc2)N1C(=O)OC(C)(C)C.C[Si](C)(C)C#CC(=O)Cl.C[Si](C)(C)C#CC(=O)O. The minimum Gasteiger partial charge on any atom is -0.472 e. The summed E-state index contributed by atoms with van der Waals surface area (Å²) in [6.45, 7) is 30.9. The van der Waals surface area contributed by atoms with Crippen molar-refractivity contribution in [3.63, 3.8) is 0 Å². The van der Waals surface area contributed by atoms with Crippen LogP contribution in [0.25, 0.3) is 32.7 Å². The van der Waals surface area contributed by atoms with Gasteiger partial charge in [-0.15, -0.1) is 16.6 Å². The number of ether oxygens (including phenoxy) is 1. The summed E-state index contributed by atoms with van der Waals surface area (Å²) < 4.78 is 5.94. The number of aromatic nitrogens is 6. The van der Waals surface area contributed by atoms with E-state index in [4.69, 9.17) is 21.4 Å². The summed E-state index contributed by atoms with van der Waals surface area (Å²) in [6.07, 6.45) is 27.1. The molecular formula is C98H125ClN12O9Si3. The van der Waals surface area contributed by atoms with Gasteiger partial charge >= 0.3 is 12.1 Å². The molecular weight excluding hydrogens is 1610 g/mol. The van der Waals surface area contributed by atoms with Crippen molar-refractivity contribution >= 4 is 109 Å². The number of carbonyl (C=O) groups excluding carboxylic acids is 6. The highest BCUT2D eigenvalue weighted by Crippen LogP contribution is 2.45. The quantitative estimate of drug-likeness (QED) is 0.0226. The molecule has 25 heteroatoms. The van der Waals surface area contributed by atoms with Crippen molar-refractivity contribution in [1.29, 1.82) is 0 Å². The lowest BCUT2D eigenvalue weighted by atomic mass is 9.86. The van der Waals surface area contributed by atoms with Crippen LogP contribution in [-0.2, 0) is 38.4 Å². The summed E-state index contributed by atoms with van der Waals surface area (Å²) in [5, 5.41) is 24.3. The molecule has 3 saturated carbocycles. The van der Waals surface area contributed by atoms with Crippen molar-refractivity contribution in [3.05, 3.63) is 195 Å². The van der Waals surface area contributed by atoms with Crippen LogP contribution in [0, 0.1) is 34.4 Å². The van der Waals surface area contributed by atoms with Crippen LogP contribution in [-0.4, -0.2) is 152 Å². The van der Waals surface area contributed by atoms with Crippen molar-refractivity contribution in [2.75, 3.05) is 0 Å². The summed E-state index contributed by atoms with van der Waals surface area (Å²) in [5.74, 6) is 5.97. The summed E-state index contributed by atoms with van der Waals surface area (Å²) in [7, 11) is -4.58. The van der Waals surface area contributed by atoms with Crippen LogP contribution in [0.2, 0.25) is 58.9 Å². The third-order valence-corrected chi connectivity index (χ3v) is 25.7. The molecule has 8 N–H and O–H groups in total. The number of fused-ring (bicyclic) bond motifs is 9. The van der Waals surface area contributed by atoms with Gasteiger partial charge in [0.25, 0.3) is 28.9 Å². The summed E-state index contributed by atoms with van der Waals surface area (Å²) in [5.41, 5.74) is 22.9. The average Bonchev–Trinajstić information content (AvgIpc) is 1.61. The van der Waals surface area contributed by atoms with Gasteiger partial charge in [-0.1, -0.05) is 191 Å². The molecule has 15 rings (SSSR count). The fourth-order valence-corrected chi connectivity index (χ4v) is 17.7. The number of nitrogens with one attached hydrogen (secondary N) is 7. The van der Waals surface area contributed by atoms with Crippen LogP contribution in [0.15, 0.2) is 128 Å². The van der Waals surface area contributed by atoms with E-state index < -0.39 is 41.0 Å². The number of amides is 5. The van der Waals surface area contributed by atoms with Crippen LogP contribution in [0.3, 0.4) is 0 Å². The molecule has 3 aliphatic carbocycles. The molecule has 0 radical (unpaired) electrons. The fourth-order valence-electron chi connectivity index (χ4n) is 16.1. The fraction of sp³-hybridized carbons (Fsp3) is 0.469. The molecule has 21 nitrogen and oxygen atoms in total. The van der Waals surface area contributed by atoms with Crippen molar-refractivity contribution < 1.29 is 43.4 Å². The Morgan fingerprint density at radius 3 is 1.20 bits per heavy atom. The van der Waals surface area contributed by atoms with Crippen molar-refractivity contribution in [2.24, 2.45) is 0 Å². The van der Waals surface area contributed by atoms with Gasteiger partial charge in [-0.25, -0.2) is 9.59 Å². The molecule has 0 spiro atoms. The molecule has 6 aromatic heterocycles. The first-order valence-electron chi connectivity index (χ1n) is 44.3. The second-order valence-corrected chi connectivity index (χ2v) is 52.1. The Balaban J connectivity index is 0.000000164. The molecule has 0 bridgehead atoms. The third-order valence-electron chi connectivity index (χ3n) is 22.9. The number of unbranched alkanes of at least 4 members (excludes halogenated alkanes) is 3. The third kappa shape index (κ3) is 25.4. The van der Waals surface area contributed by atoms with Crippen molar-refractivity contribution in [2.45, 2.75) is 295 Å². The molecule has 9 aromatic rings. The smallest absolute Gasteiger partial charge is 0.411 e. The van der Waals surface area contributed by atoms with Crippen LogP contribution < -0.4 is 21.3 Å². The molecule has 6 aliphatic rings. The Kier molecular flexibility index (Phi) is 31.7. The van der Waals surface area contributed by atoms with Crippen molar-refractivity contribution in [3.8, 4) is 34.4 Å². The number of para-hydroxylation sites is 3. The largest absolute Gasteiger partial charge is 0.472 e. The number of pyridine rings is 3. The van der Waals surface area contributed by atoms with E-state index in [0.717, 1.165) is 148 Å². The van der Waals surface area contributed by atoms with E-state index in [9.17, 15) is 33.6 Å². The minimum atomic E-state index is -1.74. The van der Waals surface area contributed by atoms with Gasteiger partial charge in [0.2, 0.25) is 0 Å².